The van der Waals surface area contributed by atoms with E-state index in [1.165, 1.54) is 12.7 Å². The first-order chi connectivity index (χ1) is 7.81. The van der Waals surface area contributed by atoms with Crippen molar-refractivity contribution < 1.29 is 9.53 Å². The molecule has 0 radical (unpaired) electrons. The molecule has 0 bridgehead atoms. The molecule has 2 nitrogen and oxygen atoms in total. The van der Waals surface area contributed by atoms with E-state index in [0.29, 0.717) is 0 Å². The highest BCUT2D eigenvalue weighted by Gasteiger charge is 2.46. The van der Waals surface area contributed by atoms with Crippen molar-refractivity contribution in [2.24, 2.45) is 0 Å². The molecule has 3 heteroatoms. The fourth-order valence-electron chi connectivity index (χ4n) is 1.87. The summed E-state index contributed by atoms with van der Waals surface area (Å²) in [5.74, 6) is -0.0829. The smallest absolute Gasteiger partial charge is 0.309 e. The van der Waals surface area contributed by atoms with E-state index in [4.69, 9.17) is 4.74 Å². The van der Waals surface area contributed by atoms with Gasteiger partial charge in [0.05, 0.1) is 20.2 Å². The highest BCUT2D eigenvalue weighted by atomic mass is 28.3. The molecule has 0 N–H and O–H groups in total. The van der Waals surface area contributed by atoms with Crippen molar-refractivity contribution in [3.05, 3.63) is 35.9 Å². The van der Waals surface area contributed by atoms with Crippen LogP contribution < -0.4 is 0 Å². The Morgan fingerprint density at radius 3 is 2.18 bits per heavy atom. The Hall–Kier alpha value is -1.09. The van der Waals surface area contributed by atoms with Crippen LogP contribution in [0.5, 0.6) is 0 Å². The number of esters is 1. The molecule has 94 valence electrons. The van der Waals surface area contributed by atoms with Crippen LogP contribution in [0, 0.1) is 0 Å². The lowest BCUT2D eigenvalue weighted by Gasteiger charge is -2.37. The predicted molar refractivity (Wildman–Crippen MR) is 73.9 cm³/mol. The molecule has 1 aromatic carbocycles. The molecule has 0 aliphatic rings. The lowest BCUT2D eigenvalue weighted by Crippen LogP contribution is -2.45. The molecule has 0 aliphatic heterocycles. The Morgan fingerprint density at radius 2 is 1.76 bits per heavy atom. The summed E-state index contributed by atoms with van der Waals surface area (Å²) >= 11 is 0. The van der Waals surface area contributed by atoms with Gasteiger partial charge in [-0.3, -0.25) is 4.79 Å². The Morgan fingerprint density at radius 1 is 1.24 bits per heavy atom. The third-order valence-electron chi connectivity index (χ3n) is 3.69. The summed E-state index contributed by atoms with van der Waals surface area (Å²) in [6, 6.07) is 10.2. The fourth-order valence-corrected chi connectivity index (χ4v) is 3.32. The zero-order valence-electron chi connectivity index (χ0n) is 11.4. The SMILES string of the molecule is COC(=O)[C@](C)(Cc1ccccc1)[Si](C)(C)C. The van der Waals surface area contributed by atoms with Crippen LogP contribution >= 0.6 is 0 Å². The second kappa shape index (κ2) is 5.04. The van der Waals surface area contributed by atoms with Crippen LogP contribution in [0.2, 0.25) is 24.7 Å². The van der Waals surface area contributed by atoms with Crippen LogP contribution in [-0.4, -0.2) is 21.2 Å². The zero-order chi connectivity index (χ0) is 13.1. The maximum atomic E-state index is 12.1. The Balaban J connectivity index is 3.05. The highest BCUT2D eigenvalue weighted by Crippen LogP contribution is 2.42. The Bertz CT molecular complexity index is 381. The number of ether oxygens (including phenoxy) is 1. The van der Waals surface area contributed by atoms with E-state index in [9.17, 15) is 4.79 Å². The third kappa shape index (κ3) is 2.97. The summed E-state index contributed by atoms with van der Waals surface area (Å²) < 4.78 is 5.01. The van der Waals surface area contributed by atoms with Crippen LogP contribution in [0.3, 0.4) is 0 Å². The summed E-state index contributed by atoms with van der Waals surface area (Å²) in [6.45, 7) is 8.69. The van der Waals surface area contributed by atoms with Crippen molar-refractivity contribution in [3.63, 3.8) is 0 Å². The molecule has 0 spiro atoms. The van der Waals surface area contributed by atoms with Crippen molar-refractivity contribution in [1.82, 2.24) is 0 Å². The number of benzene rings is 1. The van der Waals surface area contributed by atoms with Gasteiger partial charge in [0.25, 0.3) is 0 Å². The van der Waals surface area contributed by atoms with Gasteiger partial charge in [0.1, 0.15) is 0 Å². The summed E-state index contributed by atoms with van der Waals surface area (Å²) in [4.78, 5) is 12.1. The van der Waals surface area contributed by atoms with Gasteiger partial charge >= 0.3 is 5.97 Å². The molecule has 0 amide bonds. The fraction of sp³-hybridized carbons (Fsp3) is 0.500. The molecular formula is C14H22O2Si. The number of hydrogen-bond donors (Lipinski definition) is 0. The van der Waals surface area contributed by atoms with Gasteiger partial charge < -0.3 is 4.74 Å². The summed E-state index contributed by atoms with van der Waals surface area (Å²) in [7, 11) is -0.174. The van der Waals surface area contributed by atoms with Crippen molar-refractivity contribution in [2.45, 2.75) is 38.0 Å². The van der Waals surface area contributed by atoms with Gasteiger partial charge in [-0.2, -0.15) is 0 Å². The molecule has 0 fully saturated rings. The molecule has 1 aromatic rings. The zero-order valence-corrected chi connectivity index (χ0v) is 12.4. The van der Waals surface area contributed by atoms with E-state index >= 15 is 0 Å². The molecule has 0 unspecified atom stereocenters. The van der Waals surface area contributed by atoms with Crippen LogP contribution in [0.15, 0.2) is 30.3 Å². The van der Waals surface area contributed by atoms with Crippen LogP contribution in [0.1, 0.15) is 12.5 Å². The second-order valence-electron chi connectivity index (χ2n) is 5.74. The monoisotopic (exact) mass is 250 g/mol. The first-order valence-corrected chi connectivity index (χ1v) is 9.43. The number of hydrogen-bond acceptors (Lipinski definition) is 2. The predicted octanol–water partition coefficient (Wildman–Crippen LogP) is 3.50. The summed E-state index contributed by atoms with van der Waals surface area (Å²) in [5, 5.41) is -0.372. The summed E-state index contributed by atoms with van der Waals surface area (Å²) in [6.07, 6.45) is 0.760. The molecule has 0 aromatic heterocycles. The van der Waals surface area contributed by atoms with Gasteiger partial charge in [-0.05, 0) is 12.0 Å². The molecule has 0 saturated carbocycles. The van der Waals surface area contributed by atoms with Gasteiger partial charge in [0.15, 0.2) is 0 Å². The largest absolute Gasteiger partial charge is 0.469 e. The molecule has 0 aliphatic carbocycles. The van der Waals surface area contributed by atoms with E-state index < -0.39 is 8.07 Å². The maximum Gasteiger partial charge on any atom is 0.309 e. The summed E-state index contributed by atoms with van der Waals surface area (Å²) in [5.41, 5.74) is 1.20. The molecule has 0 heterocycles. The van der Waals surface area contributed by atoms with E-state index in [1.54, 1.807) is 0 Å². The average molecular weight is 250 g/mol. The van der Waals surface area contributed by atoms with Gasteiger partial charge in [0, 0.05) is 0 Å². The molecular weight excluding hydrogens is 228 g/mol. The third-order valence-corrected chi connectivity index (χ3v) is 7.38. The normalized spacial score (nSPS) is 15.1. The highest BCUT2D eigenvalue weighted by molar-refractivity contribution is 6.82. The molecule has 0 saturated heterocycles. The first kappa shape index (κ1) is 14.0. The number of carbonyl (C=O) groups is 1. The minimum absolute atomic E-state index is 0.0829. The molecule has 1 rings (SSSR count). The van der Waals surface area contributed by atoms with Crippen molar-refractivity contribution in [3.8, 4) is 0 Å². The van der Waals surface area contributed by atoms with Gasteiger partial charge in [-0.25, -0.2) is 0 Å². The maximum absolute atomic E-state index is 12.1. The van der Waals surface area contributed by atoms with Gasteiger partial charge in [-0.1, -0.05) is 56.9 Å². The quantitative estimate of drug-likeness (QED) is 0.604. The molecule has 1 atom stereocenters. The standard InChI is InChI=1S/C14H22O2Si/c1-14(13(15)16-2,17(3,4)5)11-12-9-7-6-8-10-12/h6-10H,11H2,1-5H3/t14-/m0/s1. The van der Waals surface area contributed by atoms with E-state index in [2.05, 4.69) is 31.8 Å². The minimum Gasteiger partial charge on any atom is -0.469 e. The van der Waals surface area contributed by atoms with Crippen molar-refractivity contribution in [1.29, 1.82) is 0 Å². The topological polar surface area (TPSA) is 26.3 Å². The van der Waals surface area contributed by atoms with E-state index in [1.807, 2.05) is 25.1 Å². The first-order valence-electron chi connectivity index (χ1n) is 5.93. The Labute approximate surface area is 105 Å². The molecule has 17 heavy (non-hydrogen) atoms. The van der Waals surface area contributed by atoms with E-state index in [0.717, 1.165) is 6.42 Å². The minimum atomic E-state index is -1.65. The van der Waals surface area contributed by atoms with Crippen molar-refractivity contribution >= 4 is 14.0 Å². The van der Waals surface area contributed by atoms with Crippen LogP contribution in [0.4, 0.5) is 0 Å². The van der Waals surface area contributed by atoms with Crippen LogP contribution in [-0.2, 0) is 16.0 Å². The lowest BCUT2D eigenvalue weighted by atomic mass is 10.00. The number of carbonyl (C=O) groups excluding carboxylic acids is 1. The lowest BCUT2D eigenvalue weighted by molar-refractivity contribution is -0.144. The number of rotatable bonds is 4. The van der Waals surface area contributed by atoms with Crippen LogP contribution in [0.25, 0.3) is 0 Å². The average Bonchev–Trinajstić information content (AvgIpc) is 2.27. The Kier molecular flexibility index (Phi) is 4.15. The number of methoxy groups -OCH3 is 1. The van der Waals surface area contributed by atoms with Gasteiger partial charge in [0.2, 0.25) is 0 Å². The van der Waals surface area contributed by atoms with E-state index in [-0.39, 0.29) is 11.0 Å². The second-order valence-corrected chi connectivity index (χ2v) is 11.3. The van der Waals surface area contributed by atoms with Crippen molar-refractivity contribution in [2.75, 3.05) is 7.11 Å². The van der Waals surface area contributed by atoms with Gasteiger partial charge in [-0.15, -0.1) is 0 Å².